The van der Waals surface area contributed by atoms with Crippen molar-refractivity contribution in [3.05, 3.63) is 41.3 Å². The van der Waals surface area contributed by atoms with Gasteiger partial charge in [-0.3, -0.25) is 4.79 Å². The Morgan fingerprint density at radius 3 is 2.50 bits per heavy atom. The average molecular weight is 372 g/mol. The molecule has 2 aromatic rings. The van der Waals surface area contributed by atoms with Gasteiger partial charge in [-0.05, 0) is 43.4 Å². The molecule has 0 atom stereocenters. The van der Waals surface area contributed by atoms with Crippen LogP contribution in [0.1, 0.15) is 72.7 Å². The van der Waals surface area contributed by atoms with Crippen LogP contribution in [0.4, 0.5) is 0 Å². The van der Waals surface area contributed by atoms with Crippen molar-refractivity contribution in [2.75, 3.05) is 13.1 Å². The quantitative estimate of drug-likeness (QED) is 0.716. The van der Waals surface area contributed by atoms with Crippen molar-refractivity contribution in [3.63, 3.8) is 0 Å². The van der Waals surface area contributed by atoms with E-state index in [1.807, 2.05) is 29.2 Å². The second kappa shape index (κ2) is 8.25. The van der Waals surface area contributed by atoms with E-state index in [0.29, 0.717) is 11.1 Å². The lowest BCUT2D eigenvalue weighted by atomic mass is 9.89. The molecule has 0 bridgehead atoms. The van der Waals surface area contributed by atoms with E-state index >= 15 is 0 Å². The molecule has 0 spiro atoms. The van der Waals surface area contributed by atoms with Crippen molar-refractivity contribution in [1.29, 1.82) is 0 Å². The molecule has 4 rings (SSSR count). The summed E-state index contributed by atoms with van der Waals surface area (Å²) in [6.07, 6.45) is 8.41. The van der Waals surface area contributed by atoms with Crippen molar-refractivity contribution in [1.82, 2.24) is 15.1 Å². The van der Waals surface area contributed by atoms with Crippen LogP contribution in [0.5, 0.6) is 0 Å². The van der Waals surface area contributed by atoms with E-state index in [4.69, 9.17) is 4.42 Å². The summed E-state index contributed by atoms with van der Waals surface area (Å²) in [5.74, 6) is 2.17. The predicted molar refractivity (Wildman–Crippen MR) is 101 cm³/mol. The zero-order valence-corrected chi connectivity index (χ0v) is 15.8. The van der Waals surface area contributed by atoms with Crippen molar-refractivity contribution in [3.8, 4) is 0 Å². The Morgan fingerprint density at radius 2 is 1.77 bits per heavy atom. The molecule has 5 nitrogen and oxygen atoms in total. The smallest absolute Gasteiger partial charge is 0.276 e. The van der Waals surface area contributed by atoms with Crippen molar-refractivity contribution < 1.29 is 9.21 Å². The van der Waals surface area contributed by atoms with E-state index in [1.54, 1.807) is 11.8 Å². The van der Waals surface area contributed by atoms with Gasteiger partial charge in [0.15, 0.2) is 0 Å². The van der Waals surface area contributed by atoms with Crippen LogP contribution < -0.4 is 0 Å². The third-order valence-corrected chi connectivity index (χ3v) is 6.22. The fourth-order valence-corrected chi connectivity index (χ4v) is 4.51. The fraction of sp³-hybridized carbons (Fsp3) is 0.550. The first-order chi connectivity index (χ1) is 12.8. The van der Waals surface area contributed by atoms with Crippen LogP contribution in [-0.2, 0) is 5.75 Å². The maximum atomic E-state index is 12.4. The molecular formula is C20H25N3O2S. The number of hydrogen-bond donors (Lipinski definition) is 0. The van der Waals surface area contributed by atoms with Gasteiger partial charge < -0.3 is 9.32 Å². The molecule has 0 N–H and O–H groups in total. The van der Waals surface area contributed by atoms with Crippen LogP contribution in [0.3, 0.4) is 0 Å². The largest absolute Gasteiger partial charge is 0.416 e. The van der Waals surface area contributed by atoms with Gasteiger partial charge in [0.1, 0.15) is 0 Å². The molecular weight excluding hydrogens is 346 g/mol. The Balaban J connectivity index is 1.32. The topological polar surface area (TPSA) is 59.2 Å². The van der Waals surface area contributed by atoms with Crippen molar-refractivity contribution in [2.24, 2.45) is 0 Å². The van der Waals surface area contributed by atoms with E-state index in [0.717, 1.165) is 48.7 Å². The normalized spacial score (nSPS) is 18.4. The highest BCUT2D eigenvalue weighted by Crippen LogP contribution is 2.33. The molecule has 2 aliphatic rings. The Morgan fingerprint density at radius 1 is 1.04 bits per heavy atom. The standard InChI is InChI=1S/C20H25N3O2S/c24-19(23-12-4-5-13-23)17-10-8-15(9-11-17)14-26-20-22-21-18(25-20)16-6-2-1-3-7-16/h8-11,16H,1-7,12-14H2. The van der Waals surface area contributed by atoms with Gasteiger partial charge >= 0.3 is 0 Å². The first kappa shape index (κ1) is 17.6. The number of amides is 1. The summed E-state index contributed by atoms with van der Waals surface area (Å²) >= 11 is 1.56. The molecule has 1 aliphatic carbocycles. The molecule has 1 amide bonds. The van der Waals surface area contributed by atoms with Gasteiger partial charge in [-0.25, -0.2) is 0 Å². The highest BCUT2D eigenvalue weighted by Gasteiger charge is 2.22. The van der Waals surface area contributed by atoms with Crippen LogP contribution in [0, 0.1) is 0 Å². The highest BCUT2D eigenvalue weighted by atomic mass is 32.2. The van der Waals surface area contributed by atoms with E-state index in [1.165, 1.54) is 32.1 Å². The summed E-state index contributed by atoms with van der Waals surface area (Å²) in [4.78, 5) is 14.3. The maximum Gasteiger partial charge on any atom is 0.276 e. The van der Waals surface area contributed by atoms with Gasteiger partial charge in [-0.2, -0.15) is 0 Å². The van der Waals surface area contributed by atoms with Gasteiger partial charge in [0, 0.05) is 30.3 Å². The Kier molecular flexibility index (Phi) is 5.58. The lowest BCUT2D eigenvalue weighted by Gasteiger charge is -2.17. The predicted octanol–water partition coefficient (Wildman–Crippen LogP) is 4.65. The second-order valence-electron chi connectivity index (χ2n) is 7.23. The minimum atomic E-state index is 0.149. The minimum Gasteiger partial charge on any atom is -0.416 e. The third kappa shape index (κ3) is 4.11. The number of rotatable bonds is 5. The van der Waals surface area contributed by atoms with Crippen LogP contribution in [-0.4, -0.2) is 34.1 Å². The fourth-order valence-electron chi connectivity index (χ4n) is 3.78. The number of carbonyl (C=O) groups is 1. The highest BCUT2D eigenvalue weighted by molar-refractivity contribution is 7.98. The van der Waals surface area contributed by atoms with Gasteiger partial charge in [0.25, 0.3) is 11.1 Å². The molecule has 0 unspecified atom stereocenters. The summed E-state index contributed by atoms with van der Waals surface area (Å²) in [5.41, 5.74) is 1.93. The monoisotopic (exact) mass is 371 g/mol. The molecule has 1 saturated carbocycles. The molecule has 1 aromatic heterocycles. The number of likely N-dealkylation sites (tertiary alicyclic amines) is 1. The first-order valence-corrected chi connectivity index (χ1v) is 10.6. The Hall–Kier alpha value is -1.82. The molecule has 26 heavy (non-hydrogen) atoms. The van der Waals surface area contributed by atoms with Crippen molar-refractivity contribution in [2.45, 2.75) is 61.8 Å². The Bertz CT molecular complexity index is 732. The summed E-state index contributed by atoms with van der Waals surface area (Å²) < 4.78 is 5.85. The van der Waals surface area contributed by atoms with Crippen LogP contribution in [0.15, 0.2) is 33.9 Å². The van der Waals surface area contributed by atoms with Gasteiger partial charge in [-0.1, -0.05) is 43.2 Å². The molecule has 0 radical (unpaired) electrons. The molecule has 6 heteroatoms. The van der Waals surface area contributed by atoms with E-state index in [9.17, 15) is 4.79 Å². The minimum absolute atomic E-state index is 0.149. The molecule has 1 aliphatic heterocycles. The van der Waals surface area contributed by atoms with Crippen LogP contribution in [0.25, 0.3) is 0 Å². The molecule has 2 heterocycles. The number of aromatic nitrogens is 2. The second-order valence-corrected chi connectivity index (χ2v) is 8.15. The number of hydrogen-bond acceptors (Lipinski definition) is 5. The number of nitrogens with zero attached hydrogens (tertiary/aromatic N) is 3. The number of carbonyl (C=O) groups excluding carboxylic acids is 1. The summed E-state index contributed by atoms with van der Waals surface area (Å²) in [6.45, 7) is 1.77. The molecule has 1 saturated heterocycles. The number of benzene rings is 1. The molecule has 1 aromatic carbocycles. The maximum absolute atomic E-state index is 12.4. The zero-order chi connectivity index (χ0) is 17.8. The molecule has 138 valence electrons. The zero-order valence-electron chi connectivity index (χ0n) is 15.0. The summed E-state index contributed by atoms with van der Waals surface area (Å²) in [6, 6.07) is 7.90. The summed E-state index contributed by atoms with van der Waals surface area (Å²) in [5, 5.41) is 9.08. The Labute approximate surface area is 158 Å². The van der Waals surface area contributed by atoms with Gasteiger partial charge in [0.05, 0.1) is 0 Å². The van der Waals surface area contributed by atoms with Gasteiger partial charge in [0.2, 0.25) is 5.89 Å². The van der Waals surface area contributed by atoms with Gasteiger partial charge in [-0.15, -0.1) is 10.2 Å². The van der Waals surface area contributed by atoms with Crippen LogP contribution in [0.2, 0.25) is 0 Å². The first-order valence-electron chi connectivity index (χ1n) is 9.64. The van der Waals surface area contributed by atoms with Crippen LogP contribution >= 0.6 is 11.8 Å². The number of thioether (sulfide) groups is 1. The molecule has 2 fully saturated rings. The summed E-state index contributed by atoms with van der Waals surface area (Å²) in [7, 11) is 0. The van der Waals surface area contributed by atoms with Crippen molar-refractivity contribution >= 4 is 17.7 Å². The van der Waals surface area contributed by atoms with E-state index < -0.39 is 0 Å². The van der Waals surface area contributed by atoms with E-state index in [-0.39, 0.29) is 5.91 Å². The third-order valence-electron chi connectivity index (χ3n) is 5.33. The lowest BCUT2D eigenvalue weighted by molar-refractivity contribution is 0.0793. The van der Waals surface area contributed by atoms with E-state index in [2.05, 4.69) is 10.2 Å². The SMILES string of the molecule is O=C(c1ccc(CSc2nnc(C3CCCCC3)o2)cc1)N1CCCC1. The average Bonchev–Trinajstić information content (AvgIpc) is 3.39. The lowest BCUT2D eigenvalue weighted by Crippen LogP contribution is -2.27.